The molecule has 0 amide bonds. The molecule has 0 unspecified atom stereocenters. The maximum Gasteiger partial charge on any atom is 1.00 e. The van der Waals surface area contributed by atoms with Gasteiger partial charge in [-0.05, 0) is 0 Å². The Morgan fingerprint density at radius 3 is 2.09 bits per heavy atom. The standard InChI is InChI=1S/C5H10N2S2.Na.H2O/c8-5(9)7-3-1-6-2-4-7;;/h6H,1-4H2,(H,8,9);;1H2/q;+1;/p-1. The first kappa shape index (κ1) is 14.5. The van der Waals surface area contributed by atoms with Gasteiger partial charge in [-0.25, -0.2) is 0 Å². The van der Waals surface area contributed by atoms with Crippen molar-refractivity contribution >= 4 is 29.2 Å². The molecule has 6 heteroatoms. The second-order valence-electron chi connectivity index (χ2n) is 2.00. The minimum Gasteiger partial charge on any atom is -0.412 e. The fourth-order valence-electron chi connectivity index (χ4n) is 0.847. The topological polar surface area (TPSA) is 46.8 Å². The van der Waals surface area contributed by atoms with E-state index in [0.717, 1.165) is 26.2 Å². The van der Waals surface area contributed by atoms with Gasteiger partial charge in [-0.3, -0.25) is 0 Å². The Morgan fingerprint density at radius 2 is 1.82 bits per heavy atom. The number of nitrogens with one attached hydrogen (secondary N) is 1. The second kappa shape index (κ2) is 7.67. The average Bonchev–Trinajstić information content (AvgIpc) is 1.90. The number of rotatable bonds is 0. The molecule has 1 aliphatic heterocycles. The quantitative estimate of drug-likeness (QED) is 0.246. The smallest absolute Gasteiger partial charge is 0.412 e. The van der Waals surface area contributed by atoms with E-state index in [0.29, 0.717) is 4.32 Å². The fourth-order valence-corrected chi connectivity index (χ4v) is 1.21. The summed E-state index contributed by atoms with van der Waals surface area (Å²) in [6, 6.07) is 0. The molecule has 0 aliphatic carbocycles. The van der Waals surface area contributed by atoms with E-state index in [4.69, 9.17) is 24.8 Å². The molecule has 0 spiro atoms. The molecule has 1 aliphatic rings. The normalized spacial score (nSPS) is 16.2. The zero-order valence-electron chi connectivity index (χ0n) is 6.59. The SMILES string of the molecule is O.S=C([S-])N1CCNCC1.[Na+]. The zero-order valence-corrected chi connectivity index (χ0v) is 10.2. The molecule has 1 rings (SSSR count). The van der Waals surface area contributed by atoms with Gasteiger partial charge in [0.25, 0.3) is 0 Å². The maximum absolute atomic E-state index is 4.83. The molecule has 11 heavy (non-hydrogen) atoms. The molecule has 0 bridgehead atoms. The average molecular weight is 202 g/mol. The van der Waals surface area contributed by atoms with Crippen LogP contribution in [-0.4, -0.2) is 40.9 Å². The first-order valence-electron chi connectivity index (χ1n) is 2.97. The zero-order chi connectivity index (χ0) is 6.69. The summed E-state index contributed by atoms with van der Waals surface area (Å²) in [5.41, 5.74) is 0. The number of piperazine rings is 1. The van der Waals surface area contributed by atoms with Gasteiger partial charge in [-0.1, -0.05) is 4.32 Å². The molecule has 1 fully saturated rings. The van der Waals surface area contributed by atoms with Crippen molar-refractivity contribution in [2.75, 3.05) is 26.2 Å². The maximum atomic E-state index is 4.83. The Kier molecular flexibility index (Phi) is 10.1. The van der Waals surface area contributed by atoms with E-state index in [1.807, 2.05) is 4.90 Å². The molecule has 60 valence electrons. The summed E-state index contributed by atoms with van der Waals surface area (Å²) in [7, 11) is 0. The summed E-state index contributed by atoms with van der Waals surface area (Å²) in [5.74, 6) is 0. The summed E-state index contributed by atoms with van der Waals surface area (Å²) in [6.07, 6.45) is 0. The Labute approximate surface area is 99.9 Å². The van der Waals surface area contributed by atoms with Crippen molar-refractivity contribution in [3.63, 3.8) is 0 Å². The Morgan fingerprint density at radius 1 is 1.36 bits per heavy atom. The van der Waals surface area contributed by atoms with Gasteiger partial charge in [-0.2, -0.15) is 0 Å². The van der Waals surface area contributed by atoms with Gasteiger partial charge in [0.05, 0.1) is 0 Å². The predicted octanol–water partition coefficient (Wildman–Crippen LogP) is -4.10. The van der Waals surface area contributed by atoms with Crippen LogP contribution in [0.5, 0.6) is 0 Å². The van der Waals surface area contributed by atoms with E-state index in [-0.39, 0.29) is 35.0 Å². The van der Waals surface area contributed by atoms with Gasteiger partial charge >= 0.3 is 29.6 Å². The first-order valence-corrected chi connectivity index (χ1v) is 3.79. The van der Waals surface area contributed by atoms with Crippen LogP contribution in [0.25, 0.3) is 0 Å². The summed E-state index contributed by atoms with van der Waals surface area (Å²) < 4.78 is 0.608. The van der Waals surface area contributed by atoms with Crippen molar-refractivity contribution in [2.45, 2.75) is 0 Å². The van der Waals surface area contributed by atoms with Crippen molar-refractivity contribution in [1.82, 2.24) is 10.2 Å². The third-order valence-electron chi connectivity index (χ3n) is 1.38. The van der Waals surface area contributed by atoms with E-state index in [2.05, 4.69) is 5.32 Å². The van der Waals surface area contributed by atoms with E-state index in [1.54, 1.807) is 0 Å². The largest absolute Gasteiger partial charge is 1.00 e. The van der Waals surface area contributed by atoms with E-state index in [9.17, 15) is 0 Å². The molecular weight excluding hydrogens is 191 g/mol. The minimum atomic E-state index is 0. The van der Waals surface area contributed by atoms with Crippen LogP contribution in [0.15, 0.2) is 0 Å². The molecule has 3 nitrogen and oxygen atoms in total. The predicted molar refractivity (Wildman–Crippen MR) is 48.0 cm³/mol. The van der Waals surface area contributed by atoms with E-state index in [1.165, 1.54) is 0 Å². The summed E-state index contributed by atoms with van der Waals surface area (Å²) >= 11 is 9.66. The summed E-state index contributed by atoms with van der Waals surface area (Å²) in [4.78, 5) is 2.04. The Balaban J connectivity index is 0. The molecule has 0 aromatic carbocycles. The van der Waals surface area contributed by atoms with Gasteiger partial charge in [0, 0.05) is 26.2 Å². The summed E-state index contributed by atoms with van der Waals surface area (Å²) in [6.45, 7) is 3.97. The number of hydrogen-bond acceptors (Lipinski definition) is 3. The Hall–Kier alpha value is 1.03. The van der Waals surface area contributed by atoms with Crippen molar-refractivity contribution in [2.24, 2.45) is 0 Å². The van der Waals surface area contributed by atoms with Gasteiger partial charge in [0.15, 0.2) is 0 Å². The van der Waals surface area contributed by atoms with Crippen LogP contribution >= 0.6 is 12.2 Å². The van der Waals surface area contributed by atoms with Crippen LogP contribution in [0, 0.1) is 0 Å². The van der Waals surface area contributed by atoms with Gasteiger partial charge in [-0.15, -0.1) is 0 Å². The minimum absolute atomic E-state index is 0. The van der Waals surface area contributed by atoms with Crippen LogP contribution in [-0.2, 0) is 12.6 Å². The van der Waals surface area contributed by atoms with Crippen LogP contribution in [0.2, 0.25) is 0 Å². The van der Waals surface area contributed by atoms with Crippen molar-refractivity contribution in [1.29, 1.82) is 0 Å². The molecule has 0 aromatic rings. The molecule has 0 atom stereocenters. The van der Waals surface area contributed by atoms with Crippen LogP contribution in [0.3, 0.4) is 0 Å². The monoisotopic (exact) mass is 202 g/mol. The first-order chi connectivity index (χ1) is 4.30. The molecule has 1 saturated heterocycles. The van der Waals surface area contributed by atoms with E-state index >= 15 is 0 Å². The van der Waals surface area contributed by atoms with Crippen LogP contribution < -0.4 is 34.9 Å². The number of hydrogen-bond donors (Lipinski definition) is 1. The van der Waals surface area contributed by atoms with Crippen LogP contribution in [0.4, 0.5) is 0 Å². The third kappa shape index (κ3) is 5.30. The molecule has 1 heterocycles. The van der Waals surface area contributed by atoms with Crippen molar-refractivity contribution < 1.29 is 35.0 Å². The second-order valence-corrected chi connectivity index (χ2v) is 3.03. The summed E-state index contributed by atoms with van der Waals surface area (Å²) in [5, 5.41) is 3.22. The third-order valence-corrected chi connectivity index (χ3v) is 1.89. The van der Waals surface area contributed by atoms with Crippen molar-refractivity contribution in [3.8, 4) is 0 Å². The molecule has 0 aromatic heterocycles. The van der Waals surface area contributed by atoms with E-state index < -0.39 is 0 Å². The number of thiocarbonyl (C=S) groups is 1. The van der Waals surface area contributed by atoms with Crippen molar-refractivity contribution in [3.05, 3.63) is 0 Å². The fraction of sp³-hybridized carbons (Fsp3) is 0.800. The molecule has 0 saturated carbocycles. The molecular formula is C5H11N2NaOS2. The van der Waals surface area contributed by atoms with Gasteiger partial charge in [0.2, 0.25) is 0 Å². The molecule has 3 N–H and O–H groups in total. The van der Waals surface area contributed by atoms with Gasteiger partial charge < -0.3 is 40.5 Å². The van der Waals surface area contributed by atoms with Crippen LogP contribution in [0.1, 0.15) is 0 Å². The Bertz CT molecular complexity index is 119. The number of nitrogens with zero attached hydrogens (tertiary/aromatic N) is 1. The molecule has 0 radical (unpaired) electrons. The van der Waals surface area contributed by atoms with Gasteiger partial charge in [0.1, 0.15) is 0 Å².